The number of methoxy groups -OCH3 is 2. The standard InChI is InChI=1S/C24H31BO8/c1-15(2)13-30-21-11-17(7-9-19(21)23(26)28-5)32-25-33-18-8-10-20(24(27)29-6)22(12-18)31-14-16(3)4/h7-12,15-16,25H,13-14H2,1-6H3. The van der Waals surface area contributed by atoms with Gasteiger partial charge in [0.2, 0.25) is 0 Å². The molecular formula is C24H31BO8. The number of hydrogen-bond donors (Lipinski definition) is 0. The molecule has 0 radical (unpaired) electrons. The Morgan fingerprint density at radius 3 is 1.45 bits per heavy atom. The summed E-state index contributed by atoms with van der Waals surface area (Å²) in [6, 6.07) is 9.68. The molecule has 2 rings (SSSR count). The summed E-state index contributed by atoms with van der Waals surface area (Å²) in [5, 5.41) is 0. The van der Waals surface area contributed by atoms with Crippen LogP contribution >= 0.6 is 0 Å². The molecule has 0 atom stereocenters. The van der Waals surface area contributed by atoms with Crippen LogP contribution in [0.3, 0.4) is 0 Å². The SMILES string of the molecule is COC(=O)c1ccc(OBOc2ccc(C(=O)OC)c(OCC(C)C)c2)cc1OCC(C)C. The third-order valence-corrected chi connectivity index (χ3v) is 4.31. The first-order valence-corrected chi connectivity index (χ1v) is 10.7. The summed E-state index contributed by atoms with van der Waals surface area (Å²) in [6.07, 6.45) is 0. The Morgan fingerprint density at radius 1 is 0.727 bits per heavy atom. The summed E-state index contributed by atoms with van der Waals surface area (Å²) in [7, 11) is 2.53. The third-order valence-electron chi connectivity index (χ3n) is 4.31. The smallest absolute Gasteiger partial charge is 0.528 e. The van der Waals surface area contributed by atoms with E-state index >= 15 is 0 Å². The summed E-state index contributed by atoms with van der Waals surface area (Å²) in [5.41, 5.74) is 0.633. The van der Waals surface area contributed by atoms with Crippen LogP contribution in [0.15, 0.2) is 36.4 Å². The summed E-state index contributed by atoms with van der Waals surface area (Å²) in [6.45, 7) is 8.92. The van der Waals surface area contributed by atoms with E-state index in [1.54, 1.807) is 36.4 Å². The molecule has 8 nitrogen and oxygen atoms in total. The predicted molar refractivity (Wildman–Crippen MR) is 125 cm³/mol. The fraction of sp³-hybridized carbons (Fsp3) is 0.417. The van der Waals surface area contributed by atoms with Gasteiger partial charge in [-0.1, -0.05) is 27.7 Å². The van der Waals surface area contributed by atoms with Gasteiger partial charge in [-0.05, 0) is 36.1 Å². The molecule has 178 valence electrons. The van der Waals surface area contributed by atoms with Gasteiger partial charge in [-0.3, -0.25) is 0 Å². The zero-order valence-corrected chi connectivity index (χ0v) is 20.0. The Balaban J connectivity index is 2.10. The van der Waals surface area contributed by atoms with E-state index in [-0.39, 0.29) is 19.5 Å². The van der Waals surface area contributed by atoms with Crippen LogP contribution in [0.5, 0.6) is 23.0 Å². The molecule has 0 heterocycles. The van der Waals surface area contributed by atoms with Crippen molar-refractivity contribution < 1.29 is 37.8 Å². The lowest BCUT2D eigenvalue weighted by molar-refractivity contribution is 0.0586. The molecule has 0 aromatic heterocycles. The van der Waals surface area contributed by atoms with Gasteiger partial charge >= 0.3 is 19.6 Å². The highest BCUT2D eigenvalue weighted by molar-refractivity contribution is 6.20. The molecule has 9 heteroatoms. The van der Waals surface area contributed by atoms with Crippen molar-refractivity contribution in [1.82, 2.24) is 0 Å². The first-order valence-electron chi connectivity index (χ1n) is 10.7. The maximum Gasteiger partial charge on any atom is 0.576 e. The van der Waals surface area contributed by atoms with Crippen LogP contribution < -0.4 is 18.8 Å². The van der Waals surface area contributed by atoms with Crippen molar-refractivity contribution in [3.05, 3.63) is 47.5 Å². The third kappa shape index (κ3) is 7.93. The maximum absolute atomic E-state index is 12.0. The van der Waals surface area contributed by atoms with Crippen LogP contribution in [0, 0.1) is 11.8 Å². The van der Waals surface area contributed by atoms with E-state index in [1.807, 2.05) is 27.7 Å². The van der Waals surface area contributed by atoms with Crippen molar-refractivity contribution >= 4 is 19.6 Å². The fourth-order valence-electron chi connectivity index (χ4n) is 2.66. The average molecular weight is 458 g/mol. The minimum absolute atomic E-state index is 0.109. The van der Waals surface area contributed by atoms with Crippen molar-refractivity contribution in [1.29, 1.82) is 0 Å². The molecule has 0 bridgehead atoms. The Bertz CT molecular complexity index is 867. The highest BCUT2D eigenvalue weighted by atomic mass is 16.6. The molecule has 0 unspecified atom stereocenters. The Morgan fingerprint density at radius 2 is 1.12 bits per heavy atom. The highest BCUT2D eigenvalue weighted by Gasteiger charge is 2.17. The lowest BCUT2D eigenvalue weighted by atomic mass is 10.1. The molecular weight excluding hydrogens is 427 g/mol. The first kappa shape index (κ1) is 25.9. The van der Waals surface area contributed by atoms with Crippen LogP contribution in [0.1, 0.15) is 48.4 Å². The maximum atomic E-state index is 12.0. The van der Waals surface area contributed by atoms with Crippen molar-refractivity contribution in [2.24, 2.45) is 11.8 Å². The van der Waals surface area contributed by atoms with Crippen LogP contribution in [-0.4, -0.2) is 47.1 Å². The number of hydrogen-bond acceptors (Lipinski definition) is 8. The van der Waals surface area contributed by atoms with Crippen LogP contribution in [0.4, 0.5) is 0 Å². The number of carbonyl (C=O) groups is 2. The molecule has 0 aliphatic heterocycles. The fourth-order valence-corrected chi connectivity index (χ4v) is 2.66. The Hall–Kier alpha value is -3.36. The monoisotopic (exact) mass is 458 g/mol. The van der Waals surface area contributed by atoms with E-state index in [2.05, 4.69) is 0 Å². The minimum Gasteiger partial charge on any atom is -0.528 e. The predicted octanol–water partition coefficient (Wildman–Crippen LogP) is 4.05. The molecule has 0 saturated carbocycles. The number of rotatable bonds is 12. The average Bonchev–Trinajstić information content (AvgIpc) is 2.80. The topological polar surface area (TPSA) is 89.5 Å². The normalized spacial score (nSPS) is 10.5. The highest BCUT2D eigenvalue weighted by Crippen LogP contribution is 2.28. The van der Waals surface area contributed by atoms with Crippen LogP contribution in [-0.2, 0) is 9.47 Å². The van der Waals surface area contributed by atoms with Crippen LogP contribution in [0.2, 0.25) is 0 Å². The quantitative estimate of drug-likeness (QED) is 0.348. The van der Waals surface area contributed by atoms with E-state index in [4.69, 9.17) is 28.3 Å². The van der Waals surface area contributed by atoms with Crippen molar-refractivity contribution in [2.75, 3.05) is 27.4 Å². The lowest BCUT2D eigenvalue weighted by Gasteiger charge is -2.15. The van der Waals surface area contributed by atoms with Gasteiger partial charge in [-0.15, -0.1) is 0 Å². The molecule has 0 spiro atoms. The van der Waals surface area contributed by atoms with Gasteiger partial charge in [0.1, 0.15) is 34.1 Å². The molecule has 0 N–H and O–H groups in total. The van der Waals surface area contributed by atoms with Gasteiger partial charge in [-0.2, -0.15) is 0 Å². The summed E-state index contributed by atoms with van der Waals surface area (Å²) >= 11 is 0. The first-order chi connectivity index (χ1) is 15.7. The molecule has 0 aliphatic rings. The van der Waals surface area contributed by atoms with Crippen LogP contribution in [0.25, 0.3) is 0 Å². The largest absolute Gasteiger partial charge is 0.576 e. The second-order valence-corrected chi connectivity index (χ2v) is 8.12. The minimum atomic E-state index is -0.490. The second kappa shape index (κ2) is 12.6. The molecule has 2 aromatic carbocycles. The number of carbonyl (C=O) groups excluding carboxylic acids is 2. The molecule has 0 aliphatic carbocycles. The summed E-state index contributed by atoms with van der Waals surface area (Å²) in [4.78, 5) is 24.0. The van der Waals surface area contributed by atoms with Gasteiger partial charge < -0.3 is 28.3 Å². The Labute approximate surface area is 195 Å². The molecule has 2 aromatic rings. The van der Waals surface area contributed by atoms with E-state index in [9.17, 15) is 9.59 Å². The zero-order chi connectivity index (χ0) is 24.4. The van der Waals surface area contributed by atoms with E-state index in [0.29, 0.717) is 47.3 Å². The van der Waals surface area contributed by atoms with Gasteiger partial charge in [-0.25, -0.2) is 9.59 Å². The van der Waals surface area contributed by atoms with Gasteiger partial charge in [0, 0.05) is 12.1 Å². The van der Waals surface area contributed by atoms with Crippen molar-refractivity contribution in [2.45, 2.75) is 27.7 Å². The summed E-state index contributed by atoms with van der Waals surface area (Å²) in [5.74, 6) is 1.26. The van der Waals surface area contributed by atoms with Crippen molar-refractivity contribution in [3.8, 4) is 23.0 Å². The van der Waals surface area contributed by atoms with Gasteiger partial charge in [0.25, 0.3) is 0 Å². The lowest BCUT2D eigenvalue weighted by Crippen LogP contribution is -2.14. The number of benzene rings is 2. The number of esters is 2. The van der Waals surface area contributed by atoms with Gasteiger partial charge in [0.05, 0.1) is 27.4 Å². The van der Waals surface area contributed by atoms with Gasteiger partial charge in [0.15, 0.2) is 0 Å². The van der Waals surface area contributed by atoms with E-state index < -0.39 is 11.9 Å². The van der Waals surface area contributed by atoms with E-state index in [0.717, 1.165) is 0 Å². The number of ether oxygens (including phenoxy) is 4. The summed E-state index contributed by atoms with van der Waals surface area (Å²) < 4.78 is 32.5. The zero-order valence-electron chi connectivity index (χ0n) is 20.0. The molecule has 33 heavy (non-hydrogen) atoms. The molecule has 0 fully saturated rings. The second-order valence-electron chi connectivity index (χ2n) is 8.12. The van der Waals surface area contributed by atoms with Crippen molar-refractivity contribution in [3.63, 3.8) is 0 Å². The molecule has 0 amide bonds. The molecule has 0 saturated heterocycles. The Kier molecular flexibility index (Phi) is 9.91. The van der Waals surface area contributed by atoms with E-state index in [1.165, 1.54) is 14.2 Å².